The molecule has 0 fully saturated rings. The number of carbonyl (C=O) groups is 2. The second-order valence-electron chi connectivity index (χ2n) is 7.30. The van der Waals surface area contributed by atoms with Crippen LogP contribution in [0.1, 0.15) is 32.0 Å². The van der Waals surface area contributed by atoms with Crippen molar-refractivity contribution in [1.29, 1.82) is 0 Å². The first-order chi connectivity index (χ1) is 15.0. The molecule has 0 aliphatic carbocycles. The number of aryl methyl sites for hydroxylation is 1. The maximum absolute atomic E-state index is 14.3. The third-order valence-corrected chi connectivity index (χ3v) is 5.30. The van der Waals surface area contributed by atoms with Crippen LogP contribution in [0.2, 0.25) is 0 Å². The van der Waals surface area contributed by atoms with Gasteiger partial charge in [-0.2, -0.15) is 0 Å². The molecule has 0 saturated heterocycles. The molecule has 4 aromatic rings. The van der Waals surface area contributed by atoms with Crippen LogP contribution in [-0.2, 0) is 6.54 Å². The van der Waals surface area contributed by atoms with Gasteiger partial charge in [-0.15, -0.1) is 0 Å². The fourth-order valence-electron chi connectivity index (χ4n) is 3.75. The van der Waals surface area contributed by atoms with Crippen molar-refractivity contribution in [2.75, 3.05) is 12.4 Å². The first kappa shape index (κ1) is 20.3. The van der Waals surface area contributed by atoms with Gasteiger partial charge in [0.25, 0.3) is 11.8 Å². The number of carbonyl (C=O) groups excluding carboxylic acids is 2. The SMILES string of the molecule is CNC(=O)c1c(C)cccc1NC(=O)c1cc2ccccc2n1Cc1ccccc1F. The molecule has 4 rings (SSSR count). The van der Waals surface area contributed by atoms with E-state index in [0.717, 1.165) is 16.5 Å². The van der Waals surface area contributed by atoms with Crippen LogP contribution in [0.15, 0.2) is 72.8 Å². The second kappa shape index (κ2) is 8.44. The van der Waals surface area contributed by atoms with Crippen molar-refractivity contribution in [2.24, 2.45) is 0 Å². The van der Waals surface area contributed by atoms with Gasteiger partial charge >= 0.3 is 0 Å². The monoisotopic (exact) mass is 415 g/mol. The van der Waals surface area contributed by atoms with Crippen LogP contribution in [0.3, 0.4) is 0 Å². The van der Waals surface area contributed by atoms with Gasteiger partial charge in [0.15, 0.2) is 0 Å². The minimum Gasteiger partial charge on any atom is -0.355 e. The molecule has 0 aliphatic rings. The fraction of sp³-hybridized carbons (Fsp3) is 0.120. The summed E-state index contributed by atoms with van der Waals surface area (Å²) in [6.45, 7) is 2.02. The highest BCUT2D eigenvalue weighted by atomic mass is 19.1. The Hall–Kier alpha value is -3.93. The van der Waals surface area contributed by atoms with Crippen LogP contribution in [0.5, 0.6) is 0 Å². The smallest absolute Gasteiger partial charge is 0.272 e. The van der Waals surface area contributed by atoms with Crippen LogP contribution in [0.25, 0.3) is 10.9 Å². The zero-order valence-electron chi connectivity index (χ0n) is 17.3. The molecule has 2 N–H and O–H groups in total. The first-order valence-corrected chi connectivity index (χ1v) is 9.94. The zero-order valence-corrected chi connectivity index (χ0v) is 17.3. The number of anilines is 1. The maximum Gasteiger partial charge on any atom is 0.272 e. The summed E-state index contributed by atoms with van der Waals surface area (Å²) in [6.07, 6.45) is 0. The Balaban J connectivity index is 1.77. The van der Waals surface area contributed by atoms with Gasteiger partial charge in [-0.05, 0) is 36.8 Å². The molecule has 0 spiro atoms. The minimum atomic E-state index is -0.372. The van der Waals surface area contributed by atoms with Crippen molar-refractivity contribution in [2.45, 2.75) is 13.5 Å². The molecule has 0 bridgehead atoms. The summed E-state index contributed by atoms with van der Waals surface area (Å²) in [5.74, 6) is -0.976. The summed E-state index contributed by atoms with van der Waals surface area (Å²) in [4.78, 5) is 25.6. The van der Waals surface area contributed by atoms with Crippen LogP contribution in [-0.4, -0.2) is 23.4 Å². The minimum absolute atomic E-state index is 0.207. The van der Waals surface area contributed by atoms with E-state index in [1.54, 1.807) is 48.0 Å². The number of amides is 2. The summed E-state index contributed by atoms with van der Waals surface area (Å²) in [5.41, 5.74) is 3.28. The number of para-hydroxylation sites is 1. The van der Waals surface area contributed by atoms with Crippen molar-refractivity contribution in [3.8, 4) is 0 Å². The van der Waals surface area contributed by atoms with E-state index in [0.29, 0.717) is 22.5 Å². The van der Waals surface area contributed by atoms with E-state index in [9.17, 15) is 14.0 Å². The predicted molar refractivity (Wildman–Crippen MR) is 120 cm³/mol. The Morgan fingerprint density at radius 1 is 0.935 bits per heavy atom. The molecular weight excluding hydrogens is 393 g/mol. The fourth-order valence-corrected chi connectivity index (χ4v) is 3.75. The summed E-state index contributed by atoms with van der Waals surface area (Å²) in [7, 11) is 1.55. The van der Waals surface area contributed by atoms with Gasteiger partial charge in [-0.3, -0.25) is 9.59 Å². The number of rotatable bonds is 5. The van der Waals surface area contributed by atoms with Crippen LogP contribution >= 0.6 is 0 Å². The predicted octanol–water partition coefficient (Wildman–Crippen LogP) is 4.75. The van der Waals surface area contributed by atoms with Gasteiger partial charge in [0.05, 0.1) is 17.8 Å². The number of benzene rings is 3. The van der Waals surface area contributed by atoms with Crippen molar-refractivity contribution in [1.82, 2.24) is 9.88 Å². The summed E-state index contributed by atoms with van der Waals surface area (Å²) in [6, 6.07) is 21.2. The van der Waals surface area contributed by atoms with Crippen LogP contribution < -0.4 is 10.6 Å². The van der Waals surface area contributed by atoms with E-state index >= 15 is 0 Å². The number of nitrogens with zero attached hydrogens (tertiary/aromatic N) is 1. The van der Waals surface area contributed by atoms with Gasteiger partial charge in [-0.1, -0.05) is 48.5 Å². The molecule has 5 nitrogen and oxygen atoms in total. The molecule has 1 aromatic heterocycles. The third-order valence-electron chi connectivity index (χ3n) is 5.30. The highest BCUT2D eigenvalue weighted by molar-refractivity contribution is 6.10. The van der Waals surface area contributed by atoms with E-state index in [1.165, 1.54) is 6.07 Å². The molecule has 0 radical (unpaired) electrons. The van der Waals surface area contributed by atoms with E-state index in [1.807, 2.05) is 37.3 Å². The number of hydrogen-bond donors (Lipinski definition) is 2. The number of fused-ring (bicyclic) bond motifs is 1. The van der Waals surface area contributed by atoms with Crippen molar-refractivity contribution >= 4 is 28.4 Å². The molecule has 156 valence electrons. The average molecular weight is 415 g/mol. The molecule has 0 saturated carbocycles. The molecule has 1 heterocycles. The average Bonchev–Trinajstić information content (AvgIpc) is 3.13. The lowest BCUT2D eigenvalue weighted by molar-refractivity contribution is 0.0963. The normalized spacial score (nSPS) is 10.8. The van der Waals surface area contributed by atoms with Crippen molar-refractivity contribution in [3.63, 3.8) is 0 Å². The van der Waals surface area contributed by atoms with Gasteiger partial charge in [0.1, 0.15) is 11.5 Å². The molecule has 6 heteroatoms. The van der Waals surface area contributed by atoms with Crippen LogP contribution in [0, 0.1) is 12.7 Å². The van der Waals surface area contributed by atoms with Gasteiger partial charge in [-0.25, -0.2) is 4.39 Å². The lowest BCUT2D eigenvalue weighted by Gasteiger charge is -2.15. The summed E-state index contributed by atoms with van der Waals surface area (Å²) < 4.78 is 16.1. The molecule has 2 amide bonds. The number of halogens is 1. The molecular formula is C25H22FN3O2. The Kier molecular flexibility index (Phi) is 5.54. The Labute approximate surface area is 179 Å². The molecule has 0 unspecified atom stereocenters. The highest BCUT2D eigenvalue weighted by Crippen LogP contribution is 2.25. The molecule has 0 atom stereocenters. The van der Waals surface area contributed by atoms with E-state index < -0.39 is 0 Å². The Morgan fingerprint density at radius 3 is 2.45 bits per heavy atom. The first-order valence-electron chi connectivity index (χ1n) is 9.94. The van der Waals surface area contributed by atoms with Gasteiger partial charge < -0.3 is 15.2 Å². The number of hydrogen-bond acceptors (Lipinski definition) is 2. The summed E-state index contributed by atoms with van der Waals surface area (Å²) in [5, 5.41) is 6.36. The van der Waals surface area contributed by atoms with Crippen LogP contribution in [0.4, 0.5) is 10.1 Å². The zero-order chi connectivity index (χ0) is 22.0. The van der Waals surface area contributed by atoms with Crippen molar-refractivity contribution in [3.05, 3.63) is 101 Å². The number of aromatic nitrogens is 1. The lowest BCUT2D eigenvalue weighted by atomic mass is 10.1. The lowest BCUT2D eigenvalue weighted by Crippen LogP contribution is -2.23. The third kappa shape index (κ3) is 3.92. The quantitative estimate of drug-likeness (QED) is 0.494. The standard InChI is InChI=1S/C25H22FN3O2/c1-16-8-7-12-20(23(16)25(31)27-2)28-24(30)22-14-17-9-4-6-13-21(17)29(22)15-18-10-3-5-11-19(18)26/h3-14H,15H2,1-2H3,(H,27,31)(H,28,30). The van der Waals surface area contributed by atoms with E-state index in [-0.39, 0.29) is 24.2 Å². The Morgan fingerprint density at radius 2 is 1.68 bits per heavy atom. The maximum atomic E-state index is 14.3. The largest absolute Gasteiger partial charge is 0.355 e. The topological polar surface area (TPSA) is 63.1 Å². The Bertz CT molecular complexity index is 1290. The number of nitrogens with one attached hydrogen (secondary N) is 2. The summed E-state index contributed by atoms with van der Waals surface area (Å²) >= 11 is 0. The molecule has 31 heavy (non-hydrogen) atoms. The second-order valence-corrected chi connectivity index (χ2v) is 7.30. The van der Waals surface area contributed by atoms with Crippen molar-refractivity contribution < 1.29 is 14.0 Å². The van der Waals surface area contributed by atoms with Gasteiger partial charge in [0.2, 0.25) is 0 Å². The van der Waals surface area contributed by atoms with E-state index in [2.05, 4.69) is 10.6 Å². The van der Waals surface area contributed by atoms with Gasteiger partial charge in [0, 0.05) is 23.5 Å². The molecule has 3 aromatic carbocycles. The molecule has 0 aliphatic heterocycles. The highest BCUT2D eigenvalue weighted by Gasteiger charge is 2.20. The van der Waals surface area contributed by atoms with E-state index in [4.69, 9.17) is 0 Å².